The van der Waals surface area contributed by atoms with Crippen molar-refractivity contribution in [2.45, 2.75) is 25.3 Å². The predicted molar refractivity (Wildman–Crippen MR) is 63.9 cm³/mol. The van der Waals surface area contributed by atoms with Crippen molar-refractivity contribution in [1.29, 1.82) is 0 Å². The lowest BCUT2D eigenvalue weighted by molar-refractivity contribution is 0.0697. The SMILES string of the molecule is CN(c1ccc(C(=O)O)cc1N)C1CCC1. The summed E-state index contributed by atoms with van der Waals surface area (Å²) >= 11 is 0. The lowest BCUT2D eigenvalue weighted by atomic mass is 9.91. The molecule has 3 N–H and O–H groups in total. The monoisotopic (exact) mass is 220 g/mol. The van der Waals surface area contributed by atoms with Gasteiger partial charge in [-0.25, -0.2) is 4.79 Å². The first-order chi connectivity index (χ1) is 7.59. The fourth-order valence-electron chi connectivity index (χ4n) is 1.98. The number of anilines is 2. The van der Waals surface area contributed by atoms with Crippen LogP contribution >= 0.6 is 0 Å². The van der Waals surface area contributed by atoms with E-state index in [1.807, 2.05) is 7.05 Å². The van der Waals surface area contributed by atoms with Crippen molar-refractivity contribution in [3.8, 4) is 0 Å². The summed E-state index contributed by atoms with van der Waals surface area (Å²) in [5.41, 5.74) is 7.57. The van der Waals surface area contributed by atoms with E-state index in [4.69, 9.17) is 10.8 Å². The Bertz CT molecular complexity index is 413. The van der Waals surface area contributed by atoms with Crippen LogP contribution in [-0.2, 0) is 0 Å². The van der Waals surface area contributed by atoms with Gasteiger partial charge < -0.3 is 15.7 Å². The van der Waals surface area contributed by atoms with Crippen LogP contribution < -0.4 is 10.6 Å². The summed E-state index contributed by atoms with van der Waals surface area (Å²) in [5.74, 6) is -0.940. The van der Waals surface area contributed by atoms with E-state index < -0.39 is 5.97 Å². The largest absolute Gasteiger partial charge is 0.478 e. The highest BCUT2D eigenvalue weighted by Gasteiger charge is 2.23. The minimum Gasteiger partial charge on any atom is -0.478 e. The maximum atomic E-state index is 10.8. The maximum absolute atomic E-state index is 10.8. The van der Waals surface area contributed by atoms with Crippen LogP contribution in [0.2, 0.25) is 0 Å². The zero-order chi connectivity index (χ0) is 11.7. The van der Waals surface area contributed by atoms with Gasteiger partial charge >= 0.3 is 5.97 Å². The minimum atomic E-state index is -0.940. The van der Waals surface area contributed by atoms with Gasteiger partial charge in [-0.3, -0.25) is 0 Å². The van der Waals surface area contributed by atoms with Crippen molar-refractivity contribution in [1.82, 2.24) is 0 Å². The average Bonchev–Trinajstić information content (AvgIpc) is 2.14. The summed E-state index contributed by atoms with van der Waals surface area (Å²) in [4.78, 5) is 12.9. The Hall–Kier alpha value is -1.71. The van der Waals surface area contributed by atoms with E-state index in [9.17, 15) is 4.79 Å². The number of carboxylic acid groups (broad SMARTS) is 1. The van der Waals surface area contributed by atoms with E-state index in [0.717, 1.165) is 5.69 Å². The summed E-state index contributed by atoms with van der Waals surface area (Å²) in [7, 11) is 2.01. The van der Waals surface area contributed by atoms with Gasteiger partial charge in [0.25, 0.3) is 0 Å². The molecule has 1 aliphatic rings. The molecule has 1 fully saturated rings. The molecule has 16 heavy (non-hydrogen) atoms. The van der Waals surface area contributed by atoms with Crippen LogP contribution in [0, 0.1) is 0 Å². The second-order valence-electron chi connectivity index (χ2n) is 4.27. The highest BCUT2D eigenvalue weighted by atomic mass is 16.4. The van der Waals surface area contributed by atoms with Gasteiger partial charge in [-0.1, -0.05) is 0 Å². The van der Waals surface area contributed by atoms with Crippen molar-refractivity contribution in [2.24, 2.45) is 0 Å². The summed E-state index contributed by atoms with van der Waals surface area (Å²) in [5, 5.41) is 8.84. The van der Waals surface area contributed by atoms with E-state index in [2.05, 4.69) is 4.90 Å². The molecule has 4 heteroatoms. The van der Waals surface area contributed by atoms with Crippen molar-refractivity contribution < 1.29 is 9.90 Å². The number of benzene rings is 1. The Morgan fingerprint density at radius 3 is 2.62 bits per heavy atom. The van der Waals surface area contributed by atoms with Gasteiger partial charge in [0.2, 0.25) is 0 Å². The summed E-state index contributed by atoms with van der Waals surface area (Å²) < 4.78 is 0. The van der Waals surface area contributed by atoms with E-state index in [1.54, 1.807) is 12.1 Å². The second-order valence-corrected chi connectivity index (χ2v) is 4.27. The van der Waals surface area contributed by atoms with Gasteiger partial charge in [-0.15, -0.1) is 0 Å². The Morgan fingerprint density at radius 1 is 1.50 bits per heavy atom. The molecule has 0 heterocycles. The molecular weight excluding hydrogens is 204 g/mol. The first kappa shape index (κ1) is 10.8. The van der Waals surface area contributed by atoms with Crippen LogP contribution in [0.4, 0.5) is 11.4 Å². The number of hydrogen-bond donors (Lipinski definition) is 2. The third-order valence-corrected chi connectivity index (χ3v) is 3.28. The molecule has 2 rings (SSSR count). The summed E-state index contributed by atoms with van der Waals surface area (Å²) in [6.45, 7) is 0. The lowest BCUT2D eigenvalue weighted by Crippen LogP contribution is -2.37. The molecule has 1 saturated carbocycles. The molecule has 0 atom stereocenters. The average molecular weight is 220 g/mol. The molecule has 1 aromatic carbocycles. The molecule has 0 aliphatic heterocycles. The van der Waals surface area contributed by atoms with Crippen molar-refractivity contribution >= 4 is 17.3 Å². The van der Waals surface area contributed by atoms with Crippen molar-refractivity contribution in [3.05, 3.63) is 23.8 Å². The smallest absolute Gasteiger partial charge is 0.335 e. The predicted octanol–water partition coefficient (Wildman–Crippen LogP) is 1.96. The van der Waals surface area contributed by atoms with Gasteiger partial charge in [0.15, 0.2) is 0 Å². The quantitative estimate of drug-likeness (QED) is 0.764. The fourth-order valence-corrected chi connectivity index (χ4v) is 1.98. The Kier molecular flexibility index (Phi) is 2.73. The van der Waals surface area contributed by atoms with Crippen molar-refractivity contribution in [2.75, 3.05) is 17.7 Å². The molecule has 86 valence electrons. The number of nitrogen functional groups attached to an aromatic ring is 1. The highest BCUT2D eigenvalue weighted by molar-refractivity contribution is 5.90. The number of rotatable bonds is 3. The maximum Gasteiger partial charge on any atom is 0.335 e. The fraction of sp³-hybridized carbons (Fsp3) is 0.417. The molecule has 0 unspecified atom stereocenters. The van der Waals surface area contributed by atoms with Crippen LogP contribution in [0.3, 0.4) is 0 Å². The Labute approximate surface area is 94.7 Å². The van der Waals surface area contributed by atoms with Gasteiger partial charge in [0.05, 0.1) is 16.9 Å². The van der Waals surface area contributed by atoms with Crippen LogP contribution in [0.15, 0.2) is 18.2 Å². The minimum absolute atomic E-state index is 0.239. The molecule has 0 bridgehead atoms. The standard InChI is InChI=1S/C12H16N2O2/c1-14(9-3-2-4-9)11-6-5-8(12(15)16)7-10(11)13/h5-7,9H,2-4,13H2,1H3,(H,15,16). The number of carbonyl (C=O) groups is 1. The van der Waals surface area contributed by atoms with E-state index in [1.165, 1.54) is 25.3 Å². The summed E-state index contributed by atoms with van der Waals surface area (Å²) in [6.07, 6.45) is 3.65. The second kappa shape index (κ2) is 4.04. The molecule has 1 aromatic rings. The van der Waals surface area contributed by atoms with Crippen LogP contribution in [-0.4, -0.2) is 24.2 Å². The number of nitrogens with zero attached hydrogens (tertiary/aromatic N) is 1. The molecule has 0 amide bonds. The third kappa shape index (κ3) is 1.83. The molecule has 0 saturated heterocycles. The molecule has 0 aromatic heterocycles. The van der Waals surface area contributed by atoms with Crippen LogP contribution in [0.1, 0.15) is 29.6 Å². The lowest BCUT2D eigenvalue weighted by Gasteiger charge is -2.37. The topological polar surface area (TPSA) is 66.6 Å². The van der Waals surface area contributed by atoms with E-state index >= 15 is 0 Å². The van der Waals surface area contributed by atoms with Gasteiger partial charge in [0.1, 0.15) is 0 Å². The van der Waals surface area contributed by atoms with Gasteiger partial charge in [-0.05, 0) is 37.5 Å². The number of aromatic carboxylic acids is 1. The Morgan fingerprint density at radius 2 is 2.19 bits per heavy atom. The number of nitrogens with two attached hydrogens (primary N) is 1. The molecular formula is C12H16N2O2. The molecule has 0 spiro atoms. The van der Waals surface area contributed by atoms with E-state index in [0.29, 0.717) is 11.7 Å². The van der Waals surface area contributed by atoms with Crippen LogP contribution in [0.25, 0.3) is 0 Å². The summed E-state index contributed by atoms with van der Waals surface area (Å²) in [6, 6.07) is 5.46. The molecule has 0 radical (unpaired) electrons. The van der Waals surface area contributed by atoms with Crippen LogP contribution in [0.5, 0.6) is 0 Å². The van der Waals surface area contributed by atoms with E-state index in [-0.39, 0.29) is 5.56 Å². The highest BCUT2D eigenvalue weighted by Crippen LogP contribution is 2.31. The normalized spacial score (nSPS) is 15.6. The molecule has 4 nitrogen and oxygen atoms in total. The Balaban J connectivity index is 2.24. The zero-order valence-electron chi connectivity index (χ0n) is 9.31. The first-order valence-electron chi connectivity index (χ1n) is 5.45. The number of hydrogen-bond acceptors (Lipinski definition) is 3. The number of carboxylic acids is 1. The van der Waals surface area contributed by atoms with Gasteiger partial charge in [0, 0.05) is 13.1 Å². The third-order valence-electron chi connectivity index (χ3n) is 3.28. The van der Waals surface area contributed by atoms with Crippen molar-refractivity contribution in [3.63, 3.8) is 0 Å². The van der Waals surface area contributed by atoms with Gasteiger partial charge in [-0.2, -0.15) is 0 Å². The first-order valence-corrected chi connectivity index (χ1v) is 5.45. The zero-order valence-corrected chi connectivity index (χ0v) is 9.31. The molecule has 1 aliphatic carbocycles.